The highest BCUT2D eigenvalue weighted by Crippen LogP contribution is 2.25. The minimum Gasteiger partial charge on any atom is -0.355 e. The fraction of sp³-hybridized carbons (Fsp3) is 0.556. The van der Waals surface area contributed by atoms with Gasteiger partial charge >= 0.3 is 0 Å². The smallest absolute Gasteiger partial charge is 0.274 e. The molecular weight excluding hydrogens is 350 g/mol. The van der Waals surface area contributed by atoms with E-state index in [0.717, 1.165) is 26.2 Å². The maximum atomic E-state index is 12.2. The summed E-state index contributed by atoms with van der Waals surface area (Å²) in [6.45, 7) is 8.40. The van der Waals surface area contributed by atoms with Crippen LogP contribution in [0.15, 0.2) is 18.2 Å². The van der Waals surface area contributed by atoms with E-state index in [4.69, 9.17) is 0 Å². The number of likely N-dealkylation sites (N-methyl/N-ethyl adjacent to an activating group) is 1. The average molecular weight is 377 g/mol. The van der Waals surface area contributed by atoms with E-state index >= 15 is 0 Å². The van der Waals surface area contributed by atoms with E-state index in [-0.39, 0.29) is 17.5 Å². The predicted octanol–water partition coefficient (Wildman–Crippen LogP) is 0.986. The van der Waals surface area contributed by atoms with Gasteiger partial charge in [0.25, 0.3) is 5.69 Å². The largest absolute Gasteiger partial charge is 0.355 e. The lowest BCUT2D eigenvalue weighted by Gasteiger charge is -2.34. The summed E-state index contributed by atoms with van der Waals surface area (Å²) in [6.07, 6.45) is 0.318. The van der Waals surface area contributed by atoms with Crippen molar-refractivity contribution < 1.29 is 14.5 Å². The molecule has 2 amide bonds. The Kier molecular flexibility index (Phi) is 7.68. The normalized spacial score (nSPS) is 15.3. The van der Waals surface area contributed by atoms with E-state index in [1.54, 1.807) is 19.1 Å². The molecule has 1 aliphatic rings. The highest BCUT2D eigenvalue weighted by molar-refractivity contribution is 5.92. The van der Waals surface area contributed by atoms with Crippen LogP contribution >= 0.6 is 0 Å². The van der Waals surface area contributed by atoms with Crippen molar-refractivity contribution in [3.8, 4) is 0 Å². The van der Waals surface area contributed by atoms with Gasteiger partial charge in [-0.15, -0.1) is 0 Å². The Bertz CT molecular complexity index is 686. The number of hydrogen-bond donors (Lipinski definition) is 2. The molecule has 0 atom stereocenters. The number of nitro groups is 1. The van der Waals surface area contributed by atoms with Gasteiger partial charge in [0.15, 0.2) is 0 Å². The van der Waals surface area contributed by atoms with Crippen molar-refractivity contribution in [1.82, 2.24) is 15.1 Å². The summed E-state index contributed by atoms with van der Waals surface area (Å²) in [5, 5.41) is 16.5. The first kappa shape index (κ1) is 20.8. The van der Waals surface area contributed by atoms with Crippen LogP contribution in [0.3, 0.4) is 0 Å². The summed E-state index contributed by atoms with van der Waals surface area (Å²) >= 11 is 0. The van der Waals surface area contributed by atoms with Gasteiger partial charge in [0.1, 0.15) is 0 Å². The van der Waals surface area contributed by atoms with Gasteiger partial charge in [-0.05, 0) is 19.9 Å². The number of piperazine rings is 1. The molecule has 2 N–H and O–H groups in total. The second kappa shape index (κ2) is 9.98. The summed E-state index contributed by atoms with van der Waals surface area (Å²) < 4.78 is 0. The molecule has 1 aromatic rings. The van der Waals surface area contributed by atoms with Gasteiger partial charge in [-0.1, -0.05) is 6.07 Å². The average Bonchev–Trinajstić information content (AvgIpc) is 2.63. The predicted molar refractivity (Wildman–Crippen MR) is 103 cm³/mol. The second-order valence-corrected chi connectivity index (χ2v) is 6.58. The Labute approximate surface area is 158 Å². The van der Waals surface area contributed by atoms with Crippen molar-refractivity contribution in [3.63, 3.8) is 0 Å². The summed E-state index contributed by atoms with van der Waals surface area (Å²) in [7, 11) is 0. The zero-order chi connectivity index (χ0) is 19.8. The Balaban J connectivity index is 1.75. The zero-order valence-corrected chi connectivity index (χ0v) is 15.9. The molecule has 0 aliphatic carbocycles. The Morgan fingerprint density at radius 1 is 1.15 bits per heavy atom. The highest BCUT2D eigenvalue weighted by atomic mass is 16.6. The number of carbonyl (C=O) groups is 2. The molecule has 2 rings (SSSR count). The molecule has 1 heterocycles. The van der Waals surface area contributed by atoms with Crippen molar-refractivity contribution in [3.05, 3.63) is 33.9 Å². The second-order valence-electron chi connectivity index (χ2n) is 6.58. The molecule has 0 saturated carbocycles. The maximum absolute atomic E-state index is 12.2. The van der Waals surface area contributed by atoms with E-state index < -0.39 is 4.92 Å². The first-order chi connectivity index (χ1) is 12.9. The molecule has 0 radical (unpaired) electrons. The minimum atomic E-state index is -0.453. The number of nitrogens with one attached hydrogen (secondary N) is 2. The van der Waals surface area contributed by atoms with E-state index in [1.165, 1.54) is 6.07 Å². The lowest BCUT2D eigenvalue weighted by molar-refractivity contribution is -0.385. The van der Waals surface area contributed by atoms with E-state index in [2.05, 4.69) is 20.4 Å². The number of nitro benzene ring substituents is 1. The summed E-state index contributed by atoms with van der Waals surface area (Å²) in [5.74, 6) is -0.124. The standard InChI is InChI=1S/C18H27N5O4/c1-3-19-18(25)13-22-11-9-21(10-12-22)8-7-17(24)20-15-5-4-6-16(14(15)2)23(26)27/h4-6H,3,7-13H2,1-2H3,(H,19,25)(H,20,24). The quantitative estimate of drug-likeness (QED) is 0.517. The number of carbonyl (C=O) groups excluding carboxylic acids is 2. The van der Waals surface area contributed by atoms with E-state index in [1.807, 2.05) is 6.92 Å². The number of hydrogen-bond acceptors (Lipinski definition) is 6. The topological polar surface area (TPSA) is 108 Å². The third kappa shape index (κ3) is 6.30. The van der Waals surface area contributed by atoms with E-state index in [9.17, 15) is 19.7 Å². The van der Waals surface area contributed by atoms with Gasteiger partial charge in [-0.25, -0.2) is 0 Å². The number of amides is 2. The Morgan fingerprint density at radius 2 is 1.81 bits per heavy atom. The van der Waals surface area contributed by atoms with Crippen molar-refractivity contribution >= 4 is 23.2 Å². The molecule has 0 spiro atoms. The van der Waals surface area contributed by atoms with Crippen molar-refractivity contribution in [2.24, 2.45) is 0 Å². The van der Waals surface area contributed by atoms with Crippen LogP contribution in [-0.2, 0) is 9.59 Å². The molecule has 9 heteroatoms. The molecule has 9 nitrogen and oxygen atoms in total. The van der Waals surface area contributed by atoms with Gasteiger partial charge in [-0.2, -0.15) is 0 Å². The van der Waals surface area contributed by atoms with Gasteiger partial charge < -0.3 is 15.5 Å². The first-order valence-electron chi connectivity index (χ1n) is 9.16. The fourth-order valence-corrected chi connectivity index (χ4v) is 3.06. The first-order valence-corrected chi connectivity index (χ1v) is 9.16. The lowest BCUT2D eigenvalue weighted by atomic mass is 10.1. The summed E-state index contributed by atoms with van der Waals surface area (Å²) in [6, 6.07) is 4.65. The van der Waals surface area contributed by atoms with Crippen LogP contribution in [0.25, 0.3) is 0 Å². The van der Waals surface area contributed by atoms with Crippen LogP contribution in [0.4, 0.5) is 11.4 Å². The monoisotopic (exact) mass is 377 g/mol. The molecule has 1 aliphatic heterocycles. The van der Waals surface area contributed by atoms with Gasteiger partial charge in [0.05, 0.1) is 22.7 Å². The Morgan fingerprint density at radius 3 is 2.44 bits per heavy atom. The van der Waals surface area contributed by atoms with Crippen LogP contribution in [0.2, 0.25) is 0 Å². The molecule has 148 valence electrons. The number of benzene rings is 1. The van der Waals surface area contributed by atoms with Crippen molar-refractivity contribution in [1.29, 1.82) is 0 Å². The maximum Gasteiger partial charge on any atom is 0.274 e. The molecular formula is C18H27N5O4. The molecule has 27 heavy (non-hydrogen) atoms. The number of rotatable bonds is 8. The van der Waals surface area contributed by atoms with Crippen molar-refractivity contribution in [2.45, 2.75) is 20.3 Å². The van der Waals surface area contributed by atoms with Crippen LogP contribution in [0.5, 0.6) is 0 Å². The van der Waals surface area contributed by atoms with Crippen LogP contribution in [0.1, 0.15) is 18.9 Å². The summed E-state index contributed by atoms with van der Waals surface area (Å²) in [5.41, 5.74) is 0.923. The van der Waals surface area contributed by atoms with Crippen LogP contribution < -0.4 is 10.6 Å². The number of nitrogens with zero attached hydrogens (tertiary/aromatic N) is 3. The molecule has 0 bridgehead atoms. The van der Waals surface area contributed by atoms with E-state index in [0.29, 0.717) is 37.3 Å². The third-order valence-corrected chi connectivity index (χ3v) is 4.64. The summed E-state index contributed by atoms with van der Waals surface area (Å²) in [4.78, 5) is 38.6. The minimum absolute atomic E-state index is 0.00367. The molecule has 0 aromatic heterocycles. The van der Waals surface area contributed by atoms with Gasteiger partial charge in [0, 0.05) is 51.8 Å². The van der Waals surface area contributed by atoms with Gasteiger partial charge in [-0.3, -0.25) is 24.6 Å². The van der Waals surface area contributed by atoms with Crippen molar-refractivity contribution in [2.75, 3.05) is 51.1 Å². The SMILES string of the molecule is CCNC(=O)CN1CCN(CCC(=O)Nc2cccc([N+](=O)[O-])c2C)CC1. The highest BCUT2D eigenvalue weighted by Gasteiger charge is 2.20. The fourth-order valence-electron chi connectivity index (χ4n) is 3.06. The number of anilines is 1. The molecule has 1 fully saturated rings. The molecule has 1 aromatic carbocycles. The van der Waals surface area contributed by atoms with Crippen LogP contribution in [0, 0.1) is 17.0 Å². The zero-order valence-electron chi connectivity index (χ0n) is 15.9. The molecule has 0 unspecified atom stereocenters. The molecule has 1 saturated heterocycles. The lowest BCUT2D eigenvalue weighted by Crippen LogP contribution is -2.49. The third-order valence-electron chi connectivity index (χ3n) is 4.64. The Hall–Kier alpha value is -2.52. The van der Waals surface area contributed by atoms with Gasteiger partial charge in [0.2, 0.25) is 11.8 Å². The van der Waals surface area contributed by atoms with Crippen LogP contribution in [-0.4, -0.2) is 72.4 Å².